The van der Waals surface area contributed by atoms with E-state index in [2.05, 4.69) is 10.0 Å². The number of carbonyl (C=O) groups is 1. The zero-order valence-corrected chi connectivity index (χ0v) is 15.1. The molecular weight excluding hydrogens is 343 g/mol. The molecule has 2 aromatic carbocycles. The predicted octanol–water partition coefficient (Wildman–Crippen LogP) is 2.68. The van der Waals surface area contributed by atoms with Crippen molar-refractivity contribution in [3.63, 3.8) is 0 Å². The van der Waals surface area contributed by atoms with Crippen molar-refractivity contribution in [2.45, 2.75) is 37.8 Å². The van der Waals surface area contributed by atoms with Gasteiger partial charge in [0, 0.05) is 6.04 Å². The molecule has 0 aliphatic carbocycles. The summed E-state index contributed by atoms with van der Waals surface area (Å²) in [6.07, 6.45) is 0. The van der Waals surface area contributed by atoms with Gasteiger partial charge in [0.25, 0.3) is 0 Å². The first kappa shape index (κ1) is 19.1. The topological polar surface area (TPSA) is 75.3 Å². The highest BCUT2D eigenvalue weighted by Gasteiger charge is 2.28. The minimum atomic E-state index is -4.01. The molecule has 0 unspecified atom stereocenters. The number of hydrogen-bond acceptors (Lipinski definition) is 3. The molecule has 2 aromatic rings. The summed E-state index contributed by atoms with van der Waals surface area (Å²) in [5.74, 6) is -0.974. The van der Waals surface area contributed by atoms with Gasteiger partial charge in [-0.1, -0.05) is 30.3 Å². The smallest absolute Gasteiger partial charge is 0.242 e. The Morgan fingerprint density at radius 2 is 1.72 bits per heavy atom. The van der Waals surface area contributed by atoms with Gasteiger partial charge in [-0.3, -0.25) is 4.79 Å². The lowest BCUT2D eigenvalue weighted by Gasteiger charge is -2.21. The number of sulfonamides is 1. The Morgan fingerprint density at radius 1 is 1.08 bits per heavy atom. The lowest BCUT2D eigenvalue weighted by atomic mass is 10.1. The summed E-state index contributed by atoms with van der Waals surface area (Å²) in [4.78, 5) is 12.4. The molecule has 5 nitrogen and oxygen atoms in total. The SMILES string of the molecule is Cc1cc(F)ccc1S(=O)(=O)N[C@H](C(=O)NC(C)C)c1ccccc1. The highest BCUT2D eigenvalue weighted by atomic mass is 32.2. The number of hydrogen-bond donors (Lipinski definition) is 2. The first-order chi connectivity index (χ1) is 11.7. The minimum Gasteiger partial charge on any atom is -0.352 e. The lowest BCUT2D eigenvalue weighted by molar-refractivity contribution is -0.123. The van der Waals surface area contributed by atoms with Crippen LogP contribution in [0, 0.1) is 12.7 Å². The van der Waals surface area contributed by atoms with Gasteiger partial charge in [0.2, 0.25) is 15.9 Å². The number of amides is 1. The van der Waals surface area contributed by atoms with Crippen molar-refractivity contribution >= 4 is 15.9 Å². The second-order valence-corrected chi connectivity index (χ2v) is 7.72. The number of aryl methyl sites for hydroxylation is 1. The highest BCUT2D eigenvalue weighted by Crippen LogP contribution is 2.21. The van der Waals surface area contributed by atoms with Gasteiger partial charge in [-0.05, 0) is 50.1 Å². The van der Waals surface area contributed by atoms with Crippen LogP contribution in [0.15, 0.2) is 53.4 Å². The zero-order valence-electron chi connectivity index (χ0n) is 14.3. The Balaban J connectivity index is 2.40. The van der Waals surface area contributed by atoms with Gasteiger partial charge in [-0.15, -0.1) is 0 Å². The molecule has 25 heavy (non-hydrogen) atoms. The molecule has 0 aliphatic rings. The van der Waals surface area contributed by atoms with Crippen LogP contribution in [0.1, 0.15) is 31.0 Å². The van der Waals surface area contributed by atoms with E-state index in [1.165, 1.54) is 13.0 Å². The Hall–Kier alpha value is -2.25. The molecule has 0 heterocycles. The first-order valence-corrected chi connectivity index (χ1v) is 9.33. The fourth-order valence-corrected chi connectivity index (χ4v) is 3.83. The molecule has 2 N–H and O–H groups in total. The molecule has 0 bridgehead atoms. The zero-order chi connectivity index (χ0) is 18.6. The maximum Gasteiger partial charge on any atom is 0.242 e. The van der Waals surface area contributed by atoms with E-state index in [1.807, 2.05) is 0 Å². The summed E-state index contributed by atoms with van der Waals surface area (Å²) in [5, 5.41) is 2.71. The van der Waals surface area contributed by atoms with Gasteiger partial charge in [0.1, 0.15) is 11.9 Å². The van der Waals surface area contributed by atoms with E-state index in [4.69, 9.17) is 0 Å². The quantitative estimate of drug-likeness (QED) is 0.827. The number of nitrogens with one attached hydrogen (secondary N) is 2. The largest absolute Gasteiger partial charge is 0.352 e. The monoisotopic (exact) mass is 364 g/mol. The minimum absolute atomic E-state index is 0.0628. The molecular formula is C18H21FN2O3S. The average molecular weight is 364 g/mol. The van der Waals surface area contributed by atoms with E-state index in [0.717, 1.165) is 12.1 Å². The molecule has 0 aliphatic heterocycles. The van der Waals surface area contributed by atoms with Gasteiger partial charge in [0.05, 0.1) is 4.90 Å². The fourth-order valence-electron chi connectivity index (χ4n) is 2.42. The molecule has 0 saturated heterocycles. The maximum absolute atomic E-state index is 13.3. The molecule has 0 aromatic heterocycles. The number of rotatable bonds is 6. The molecule has 1 amide bonds. The summed E-state index contributed by atoms with van der Waals surface area (Å²) in [5.41, 5.74) is 0.785. The summed E-state index contributed by atoms with van der Waals surface area (Å²) in [6.45, 7) is 5.08. The second kappa shape index (κ2) is 7.76. The van der Waals surface area contributed by atoms with Crippen LogP contribution in [0.2, 0.25) is 0 Å². The van der Waals surface area contributed by atoms with Gasteiger partial charge in [-0.2, -0.15) is 4.72 Å². The van der Waals surface area contributed by atoms with E-state index in [0.29, 0.717) is 5.56 Å². The normalized spacial score (nSPS) is 12.8. The van der Waals surface area contributed by atoms with E-state index < -0.39 is 27.8 Å². The van der Waals surface area contributed by atoms with Crippen molar-refractivity contribution in [2.24, 2.45) is 0 Å². The molecule has 0 saturated carbocycles. The van der Waals surface area contributed by atoms with E-state index in [-0.39, 0.29) is 16.5 Å². The van der Waals surface area contributed by atoms with Crippen LogP contribution in [0.4, 0.5) is 4.39 Å². The van der Waals surface area contributed by atoms with Gasteiger partial charge < -0.3 is 5.32 Å². The Labute approximate surface area is 147 Å². The van der Waals surface area contributed by atoms with E-state index in [1.54, 1.807) is 44.2 Å². The highest BCUT2D eigenvalue weighted by molar-refractivity contribution is 7.89. The van der Waals surface area contributed by atoms with Crippen molar-refractivity contribution in [1.29, 1.82) is 0 Å². The van der Waals surface area contributed by atoms with Crippen molar-refractivity contribution in [1.82, 2.24) is 10.0 Å². The summed E-state index contributed by atoms with van der Waals surface area (Å²) >= 11 is 0. The predicted molar refractivity (Wildman–Crippen MR) is 93.9 cm³/mol. The number of halogens is 1. The van der Waals surface area contributed by atoms with Gasteiger partial charge >= 0.3 is 0 Å². The molecule has 0 fully saturated rings. The molecule has 2 rings (SSSR count). The summed E-state index contributed by atoms with van der Waals surface area (Å²) in [7, 11) is -4.01. The molecule has 7 heteroatoms. The van der Waals surface area contributed by atoms with Crippen LogP contribution in [-0.2, 0) is 14.8 Å². The van der Waals surface area contributed by atoms with Crippen LogP contribution in [0.25, 0.3) is 0 Å². The lowest BCUT2D eigenvalue weighted by Crippen LogP contribution is -2.42. The molecule has 0 radical (unpaired) electrons. The summed E-state index contributed by atoms with van der Waals surface area (Å²) < 4.78 is 41.1. The maximum atomic E-state index is 13.3. The third-order valence-corrected chi connectivity index (χ3v) is 5.11. The van der Waals surface area contributed by atoms with E-state index in [9.17, 15) is 17.6 Å². The van der Waals surface area contributed by atoms with Crippen LogP contribution in [0.3, 0.4) is 0 Å². The van der Waals surface area contributed by atoms with Crippen molar-refractivity contribution in [3.05, 3.63) is 65.5 Å². The standard InChI is InChI=1S/C18H21FN2O3S/c1-12(2)20-18(22)17(14-7-5-4-6-8-14)21-25(23,24)16-10-9-15(19)11-13(16)3/h4-12,17,21H,1-3H3,(H,20,22)/t17-/m0/s1. The summed E-state index contributed by atoms with van der Waals surface area (Å²) in [6, 6.07) is 10.7. The number of benzene rings is 2. The Kier molecular flexibility index (Phi) is 5.92. The third kappa shape index (κ3) is 4.87. The Morgan fingerprint density at radius 3 is 2.28 bits per heavy atom. The molecule has 134 valence electrons. The molecule has 1 atom stereocenters. The van der Waals surface area contributed by atoms with Crippen LogP contribution >= 0.6 is 0 Å². The van der Waals surface area contributed by atoms with Gasteiger partial charge in [-0.25, -0.2) is 12.8 Å². The molecule has 0 spiro atoms. The van der Waals surface area contributed by atoms with Crippen LogP contribution in [0.5, 0.6) is 0 Å². The first-order valence-electron chi connectivity index (χ1n) is 7.84. The van der Waals surface area contributed by atoms with Crippen molar-refractivity contribution in [2.75, 3.05) is 0 Å². The van der Waals surface area contributed by atoms with Crippen LogP contribution < -0.4 is 10.0 Å². The van der Waals surface area contributed by atoms with Crippen molar-refractivity contribution in [3.8, 4) is 0 Å². The van der Waals surface area contributed by atoms with Crippen LogP contribution in [-0.4, -0.2) is 20.4 Å². The average Bonchev–Trinajstić information content (AvgIpc) is 2.52. The second-order valence-electron chi connectivity index (χ2n) is 6.04. The van der Waals surface area contributed by atoms with E-state index >= 15 is 0 Å². The van der Waals surface area contributed by atoms with Crippen molar-refractivity contribution < 1.29 is 17.6 Å². The Bertz CT molecular complexity index is 852. The van der Waals surface area contributed by atoms with Gasteiger partial charge in [0.15, 0.2) is 0 Å². The number of carbonyl (C=O) groups excluding carboxylic acids is 1. The third-order valence-electron chi connectivity index (χ3n) is 3.53. The fraction of sp³-hybridized carbons (Fsp3) is 0.278.